The average molecular weight is 288 g/mol. The van der Waals surface area contributed by atoms with Gasteiger partial charge in [0, 0.05) is 5.56 Å². The van der Waals surface area contributed by atoms with Crippen molar-refractivity contribution in [3.05, 3.63) is 35.4 Å². The molecule has 0 amide bonds. The van der Waals surface area contributed by atoms with E-state index in [1.165, 1.54) is 0 Å². The molecule has 1 aromatic carbocycles. The highest BCUT2D eigenvalue weighted by Crippen LogP contribution is 2.11. The molecule has 0 saturated carbocycles. The summed E-state index contributed by atoms with van der Waals surface area (Å²) in [6.45, 7) is 12.3. The van der Waals surface area contributed by atoms with Crippen LogP contribution in [0.15, 0.2) is 24.3 Å². The molecule has 0 heterocycles. The lowest BCUT2D eigenvalue weighted by Gasteiger charge is -2.19. The van der Waals surface area contributed by atoms with Gasteiger partial charge in [0.1, 0.15) is 13.7 Å². The Bertz CT molecular complexity index is 519. The zero-order valence-electron chi connectivity index (χ0n) is 13.3. The van der Waals surface area contributed by atoms with E-state index >= 15 is 0 Å². The molecule has 20 heavy (non-hydrogen) atoms. The van der Waals surface area contributed by atoms with Gasteiger partial charge < -0.3 is 4.74 Å². The van der Waals surface area contributed by atoms with Gasteiger partial charge in [0.25, 0.3) is 0 Å². The third-order valence-corrected chi connectivity index (χ3v) is 3.18. The maximum absolute atomic E-state index is 11.7. The average Bonchev–Trinajstić information content (AvgIpc) is 2.24. The van der Waals surface area contributed by atoms with Crippen molar-refractivity contribution >= 4 is 14.0 Å². The van der Waals surface area contributed by atoms with Crippen molar-refractivity contribution in [2.45, 2.75) is 52.4 Å². The quantitative estimate of drug-likeness (QED) is 0.470. The van der Waals surface area contributed by atoms with E-state index in [1.807, 2.05) is 45.0 Å². The summed E-state index contributed by atoms with van der Waals surface area (Å²) >= 11 is 0. The third-order valence-electron chi connectivity index (χ3n) is 2.30. The van der Waals surface area contributed by atoms with Gasteiger partial charge in [-0.25, -0.2) is 0 Å². The molecule has 0 spiro atoms. The zero-order chi connectivity index (χ0) is 15.4. The Kier molecular flexibility index (Phi) is 5.19. The lowest BCUT2D eigenvalue weighted by atomic mass is 10.1. The molecule has 108 valence electrons. The van der Waals surface area contributed by atoms with Crippen LogP contribution in [0.2, 0.25) is 19.6 Å². The topological polar surface area (TPSA) is 26.3 Å². The second kappa shape index (κ2) is 6.28. The van der Waals surface area contributed by atoms with Crippen molar-refractivity contribution in [3.8, 4) is 11.5 Å². The number of hydrogen-bond donors (Lipinski definition) is 0. The lowest BCUT2D eigenvalue weighted by molar-refractivity contribution is -0.153. The first kappa shape index (κ1) is 16.5. The maximum atomic E-state index is 11.7. The Balaban J connectivity index is 2.67. The van der Waals surface area contributed by atoms with Crippen LogP contribution >= 0.6 is 0 Å². The van der Waals surface area contributed by atoms with Gasteiger partial charge in [-0.1, -0.05) is 37.7 Å². The lowest BCUT2D eigenvalue weighted by Crippen LogP contribution is -2.24. The van der Waals surface area contributed by atoms with Crippen molar-refractivity contribution < 1.29 is 9.53 Å². The van der Waals surface area contributed by atoms with Gasteiger partial charge in [0.2, 0.25) is 0 Å². The minimum atomic E-state index is -1.34. The first-order chi connectivity index (χ1) is 9.05. The minimum Gasteiger partial charge on any atom is -0.460 e. The summed E-state index contributed by atoms with van der Waals surface area (Å²) in [5.74, 6) is 3.00. The number of esters is 1. The maximum Gasteiger partial charge on any atom is 0.310 e. The van der Waals surface area contributed by atoms with E-state index < -0.39 is 13.7 Å². The summed E-state index contributed by atoms with van der Waals surface area (Å²) in [5, 5.41) is 0. The normalized spacial score (nSPS) is 11.5. The van der Waals surface area contributed by atoms with E-state index in [1.54, 1.807) is 0 Å². The van der Waals surface area contributed by atoms with E-state index in [9.17, 15) is 4.79 Å². The summed E-state index contributed by atoms with van der Waals surface area (Å²) < 4.78 is 5.30. The second-order valence-corrected chi connectivity index (χ2v) is 11.7. The van der Waals surface area contributed by atoms with Crippen LogP contribution in [0, 0.1) is 11.5 Å². The van der Waals surface area contributed by atoms with E-state index in [2.05, 4.69) is 31.1 Å². The zero-order valence-corrected chi connectivity index (χ0v) is 14.3. The first-order valence-electron chi connectivity index (χ1n) is 6.89. The van der Waals surface area contributed by atoms with E-state index in [4.69, 9.17) is 4.74 Å². The summed E-state index contributed by atoms with van der Waals surface area (Å²) in [5.41, 5.74) is 4.85. The molecular weight excluding hydrogens is 264 g/mol. The van der Waals surface area contributed by atoms with E-state index in [0.29, 0.717) is 6.42 Å². The molecule has 0 N–H and O–H groups in total. The van der Waals surface area contributed by atoms with Crippen LogP contribution in [0.4, 0.5) is 0 Å². The molecule has 0 bridgehead atoms. The van der Waals surface area contributed by atoms with Gasteiger partial charge in [-0.15, -0.1) is 5.54 Å². The molecule has 0 unspecified atom stereocenters. The SMILES string of the molecule is CC(C)(C)OC(=O)Cc1ccc(C#C[Si](C)(C)C)cc1. The fourth-order valence-corrected chi connectivity index (χ4v) is 2.03. The highest BCUT2D eigenvalue weighted by Gasteiger charge is 2.16. The molecule has 0 aliphatic heterocycles. The van der Waals surface area contributed by atoms with Gasteiger partial charge in [-0.2, -0.15) is 0 Å². The highest BCUT2D eigenvalue weighted by atomic mass is 28.3. The smallest absolute Gasteiger partial charge is 0.310 e. The number of hydrogen-bond acceptors (Lipinski definition) is 2. The third kappa shape index (κ3) is 7.15. The summed E-state index contributed by atoms with van der Waals surface area (Å²) in [6.07, 6.45) is 0.305. The molecule has 0 atom stereocenters. The Labute approximate surface area is 123 Å². The van der Waals surface area contributed by atoms with Crippen molar-refractivity contribution in [1.29, 1.82) is 0 Å². The van der Waals surface area contributed by atoms with Crippen molar-refractivity contribution in [1.82, 2.24) is 0 Å². The summed E-state index contributed by atoms with van der Waals surface area (Å²) in [6, 6.07) is 7.82. The molecule has 3 heteroatoms. The van der Waals surface area contributed by atoms with Gasteiger partial charge in [0.05, 0.1) is 6.42 Å². The molecular formula is C17H24O2Si. The van der Waals surface area contributed by atoms with Crippen LogP contribution in [0.1, 0.15) is 31.9 Å². The Hall–Kier alpha value is -1.53. The number of benzene rings is 1. The predicted octanol–water partition coefficient (Wildman–Crippen LogP) is 3.80. The molecule has 1 rings (SSSR count). The molecule has 0 aliphatic rings. The van der Waals surface area contributed by atoms with Crippen LogP contribution in [0.5, 0.6) is 0 Å². The monoisotopic (exact) mass is 288 g/mol. The van der Waals surface area contributed by atoms with Gasteiger partial charge in [-0.05, 0) is 38.5 Å². The molecule has 2 nitrogen and oxygen atoms in total. The Morgan fingerprint density at radius 2 is 1.70 bits per heavy atom. The summed E-state index contributed by atoms with van der Waals surface area (Å²) in [7, 11) is -1.34. The standard InChI is InChI=1S/C17H24O2Si/c1-17(2,3)19-16(18)13-15-9-7-14(8-10-15)11-12-20(4,5)6/h7-10H,13H2,1-6H3. The van der Waals surface area contributed by atoms with Gasteiger partial charge in [-0.3, -0.25) is 4.79 Å². The molecule has 1 aromatic rings. The number of carbonyl (C=O) groups is 1. The number of ether oxygens (including phenoxy) is 1. The largest absolute Gasteiger partial charge is 0.460 e. The predicted molar refractivity (Wildman–Crippen MR) is 86.2 cm³/mol. The van der Waals surface area contributed by atoms with Crippen LogP contribution in [0.25, 0.3) is 0 Å². The highest BCUT2D eigenvalue weighted by molar-refractivity contribution is 6.83. The molecule has 0 radical (unpaired) electrons. The molecule has 0 aliphatic carbocycles. The molecule has 0 fully saturated rings. The Morgan fingerprint density at radius 3 is 2.15 bits per heavy atom. The fourth-order valence-electron chi connectivity index (χ4n) is 1.51. The van der Waals surface area contributed by atoms with Crippen LogP contribution in [-0.4, -0.2) is 19.6 Å². The summed E-state index contributed by atoms with van der Waals surface area (Å²) in [4.78, 5) is 11.7. The first-order valence-corrected chi connectivity index (χ1v) is 10.4. The van der Waals surface area contributed by atoms with E-state index in [0.717, 1.165) is 11.1 Å². The molecule has 0 saturated heterocycles. The number of carbonyl (C=O) groups excluding carboxylic acids is 1. The Morgan fingerprint density at radius 1 is 1.15 bits per heavy atom. The minimum absolute atomic E-state index is 0.196. The van der Waals surface area contributed by atoms with Crippen LogP contribution in [0.3, 0.4) is 0 Å². The van der Waals surface area contributed by atoms with Crippen LogP contribution < -0.4 is 0 Å². The van der Waals surface area contributed by atoms with Crippen molar-refractivity contribution in [3.63, 3.8) is 0 Å². The second-order valence-electron chi connectivity index (χ2n) is 6.96. The van der Waals surface area contributed by atoms with Gasteiger partial charge >= 0.3 is 5.97 Å². The van der Waals surface area contributed by atoms with Gasteiger partial charge in [0.15, 0.2) is 0 Å². The number of rotatable bonds is 2. The van der Waals surface area contributed by atoms with Crippen molar-refractivity contribution in [2.24, 2.45) is 0 Å². The molecule has 0 aromatic heterocycles. The van der Waals surface area contributed by atoms with Crippen LogP contribution in [-0.2, 0) is 16.0 Å². The fraction of sp³-hybridized carbons (Fsp3) is 0.471. The van der Waals surface area contributed by atoms with E-state index in [-0.39, 0.29) is 5.97 Å². The van der Waals surface area contributed by atoms with Crippen molar-refractivity contribution in [2.75, 3.05) is 0 Å².